The van der Waals surface area contributed by atoms with Gasteiger partial charge in [0.1, 0.15) is 0 Å². The Bertz CT molecular complexity index is 325. The molecule has 0 aromatic carbocycles. The molecule has 0 aliphatic carbocycles. The predicted molar refractivity (Wildman–Crippen MR) is 55.8 cm³/mol. The van der Waals surface area contributed by atoms with Crippen molar-refractivity contribution in [3.05, 3.63) is 11.7 Å². The summed E-state index contributed by atoms with van der Waals surface area (Å²) in [5, 5.41) is 3.90. The van der Waals surface area contributed by atoms with Gasteiger partial charge in [0.25, 0.3) is 0 Å². The van der Waals surface area contributed by atoms with Crippen molar-refractivity contribution < 1.29 is 4.52 Å². The van der Waals surface area contributed by atoms with Crippen LogP contribution in [0.3, 0.4) is 0 Å². The van der Waals surface area contributed by atoms with Gasteiger partial charge in [0, 0.05) is 6.04 Å². The molecule has 2 unspecified atom stereocenters. The Morgan fingerprint density at radius 3 is 2.87 bits per heavy atom. The minimum atomic E-state index is 0.318. The summed E-state index contributed by atoms with van der Waals surface area (Å²) in [6.45, 7) is 6.75. The smallest absolute Gasteiger partial charge is 0.240 e. The van der Waals surface area contributed by atoms with Crippen LogP contribution in [0.15, 0.2) is 4.52 Å². The Labute approximate surface area is 89.6 Å². The molecular formula is C10H18N4O. The minimum absolute atomic E-state index is 0.318. The first-order valence-corrected chi connectivity index (χ1v) is 5.46. The largest absolute Gasteiger partial charge is 0.338 e. The van der Waals surface area contributed by atoms with E-state index in [9.17, 15) is 0 Å². The SMILES string of the molecule is CC1CCN(Cc2noc(CN)n2)C1C. The number of hydrogen-bond donors (Lipinski definition) is 1. The number of likely N-dealkylation sites (tertiary alicyclic amines) is 1. The van der Waals surface area contributed by atoms with Crippen LogP contribution in [0.5, 0.6) is 0 Å². The van der Waals surface area contributed by atoms with E-state index in [-0.39, 0.29) is 0 Å². The Morgan fingerprint density at radius 2 is 2.33 bits per heavy atom. The molecule has 2 rings (SSSR count). The highest BCUT2D eigenvalue weighted by Crippen LogP contribution is 2.24. The van der Waals surface area contributed by atoms with Crippen LogP contribution in [0.1, 0.15) is 32.0 Å². The zero-order valence-corrected chi connectivity index (χ0v) is 9.31. The van der Waals surface area contributed by atoms with E-state index in [4.69, 9.17) is 10.3 Å². The molecule has 5 heteroatoms. The molecule has 1 aliphatic heterocycles. The van der Waals surface area contributed by atoms with Crippen LogP contribution in [0.4, 0.5) is 0 Å². The molecule has 2 heterocycles. The zero-order chi connectivity index (χ0) is 10.8. The van der Waals surface area contributed by atoms with Crippen molar-refractivity contribution in [3.63, 3.8) is 0 Å². The molecular weight excluding hydrogens is 192 g/mol. The Hall–Kier alpha value is -0.940. The lowest BCUT2D eigenvalue weighted by molar-refractivity contribution is 0.230. The molecule has 84 valence electrons. The van der Waals surface area contributed by atoms with Crippen LogP contribution >= 0.6 is 0 Å². The highest BCUT2D eigenvalue weighted by molar-refractivity contribution is 4.89. The summed E-state index contributed by atoms with van der Waals surface area (Å²) in [6.07, 6.45) is 1.25. The zero-order valence-electron chi connectivity index (χ0n) is 9.31. The molecule has 0 spiro atoms. The van der Waals surface area contributed by atoms with E-state index >= 15 is 0 Å². The summed E-state index contributed by atoms with van der Waals surface area (Å²) in [6, 6.07) is 0.602. The van der Waals surface area contributed by atoms with E-state index in [1.807, 2.05) is 0 Å². The van der Waals surface area contributed by atoms with Gasteiger partial charge in [-0.2, -0.15) is 4.98 Å². The monoisotopic (exact) mass is 210 g/mol. The average molecular weight is 210 g/mol. The topological polar surface area (TPSA) is 68.2 Å². The van der Waals surface area contributed by atoms with Gasteiger partial charge in [-0.1, -0.05) is 12.1 Å². The third-order valence-electron chi connectivity index (χ3n) is 3.30. The Balaban J connectivity index is 1.97. The second kappa shape index (κ2) is 4.28. The fraction of sp³-hybridized carbons (Fsp3) is 0.800. The van der Waals surface area contributed by atoms with Crippen LogP contribution in [0.25, 0.3) is 0 Å². The maximum atomic E-state index is 5.41. The van der Waals surface area contributed by atoms with Crippen LogP contribution in [0.2, 0.25) is 0 Å². The summed E-state index contributed by atoms with van der Waals surface area (Å²) in [5.41, 5.74) is 5.41. The van der Waals surface area contributed by atoms with Crippen LogP contribution < -0.4 is 5.73 Å². The molecule has 5 nitrogen and oxygen atoms in total. The summed E-state index contributed by atoms with van der Waals surface area (Å²) >= 11 is 0. The fourth-order valence-electron chi connectivity index (χ4n) is 2.02. The van der Waals surface area contributed by atoms with Crippen molar-refractivity contribution >= 4 is 0 Å². The van der Waals surface area contributed by atoms with Gasteiger partial charge < -0.3 is 10.3 Å². The lowest BCUT2D eigenvalue weighted by atomic mass is 10.1. The maximum Gasteiger partial charge on any atom is 0.240 e. The molecule has 2 atom stereocenters. The van der Waals surface area contributed by atoms with E-state index in [1.54, 1.807) is 0 Å². The van der Waals surface area contributed by atoms with Gasteiger partial charge in [-0.3, -0.25) is 4.90 Å². The Kier molecular flexibility index (Phi) is 3.02. The summed E-state index contributed by atoms with van der Waals surface area (Å²) in [4.78, 5) is 6.59. The van der Waals surface area contributed by atoms with Gasteiger partial charge in [0.2, 0.25) is 5.89 Å². The van der Waals surface area contributed by atoms with Gasteiger partial charge in [-0.15, -0.1) is 0 Å². The van der Waals surface area contributed by atoms with Gasteiger partial charge in [0.05, 0.1) is 13.1 Å². The predicted octanol–water partition coefficient (Wildman–Crippen LogP) is 0.759. The van der Waals surface area contributed by atoms with Crippen molar-refractivity contribution in [2.24, 2.45) is 11.7 Å². The molecule has 0 bridgehead atoms. The molecule has 1 aromatic rings. The fourth-order valence-corrected chi connectivity index (χ4v) is 2.02. The van der Waals surface area contributed by atoms with Gasteiger partial charge >= 0.3 is 0 Å². The third-order valence-corrected chi connectivity index (χ3v) is 3.30. The van der Waals surface area contributed by atoms with Gasteiger partial charge in [-0.05, 0) is 25.8 Å². The molecule has 0 saturated carbocycles. The molecule has 1 fully saturated rings. The van der Waals surface area contributed by atoms with E-state index in [2.05, 4.69) is 28.9 Å². The van der Waals surface area contributed by atoms with Crippen molar-refractivity contribution in [1.29, 1.82) is 0 Å². The maximum absolute atomic E-state index is 5.41. The van der Waals surface area contributed by atoms with Crippen LogP contribution in [-0.2, 0) is 13.1 Å². The second-order valence-corrected chi connectivity index (χ2v) is 4.29. The molecule has 15 heavy (non-hydrogen) atoms. The van der Waals surface area contributed by atoms with Gasteiger partial charge in [0.15, 0.2) is 5.82 Å². The first kappa shape index (κ1) is 10.6. The van der Waals surface area contributed by atoms with Crippen LogP contribution in [0, 0.1) is 5.92 Å². The van der Waals surface area contributed by atoms with E-state index in [0.717, 1.165) is 24.8 Å². The molecule has 1 saturated heterocycles. The van der Waals surface area contributed by atoms with E-state index in [1.165, 1.54) is 6.42 Å². The lowest BCUT2D eigenvalue weighted by Crippen LogP contribution is -2.29. The van der Waals surface area contributed by atoms with Crippen molar-refractivity contribution in [3.8, 4) is 0 Å². The summed E-state index contributed by atoms with van der Waals surface area (Å²) in [5.74, 6) is 2.02. The third kappa shape index (κ3) is 2.18. The normalized spacial score (nSPS) is 27.4. The number of nitrogens with zero attached hydrogens (tertiary/aromatic N) is 3. The standard InChI is InChI=1S/C10H18N4O/c1-7-3-4-14(8(7)2)6-9-12-10(5-11)15-13-9/h7-8H,3-6,11H2,1-2H3. The first-order chi connectivity index (χ1) is 7.20. The second-order valence-electron chi connectivity index (χ2n) is 4.29. The molecule has 0 amide bonds. The molecule has 0 radical (unpaired) electrons. The summed E-state index contributed by atoms with van der Waals surface area (Å²) in [7, 11) is 0. The minimum Gasteiger partial charge on any atom is -0.338 e. The van der Waals surface area contributed by atoms with E-state index < -0.39 is 0 Å². The first-order valence-electron chi connectivity index (χ1n) is 5.46. The number of nitrogens with two attached hydrogens (primary N) is 1. The number of aromatic nitrogens is 2. The summed E-state index contributed by atoms with van der Waals surface area (Å²) < 4.78 is 4.97. The molecule has 1 aliphatic rings. The number of rotatable bonds is 3. The average Bonchev–Trinajstić information content (AvgIpc) is 2.80. The quantitative estimate of drug-likeness (QED) is 0.797. The van der Waals surface area contributed by atoms with Crippen molar-refractivity contribution in [1.82, 2.24) is 15.0 Å². The molecule has 1 aromatic heterocycles. The highest BCUT2D eigenvalue weighted by atomic mass is 16.5. The van der Waals surface area contributed by atoms with E-state index in [0.29, 0.717) is 18.5 Å². The van der Waals surface area contributed by atoms with Crippen LogP contribution in [-0.4, -0.2) is 27.6 Å². The Morgan fingerprint density at radius 1 is 1.53 bits per heavy atom. The lowest BCUT2D eigenvalue weighted by Gasteiger charge is -2.20. The number of hydrogen-bond acceptors (Lipinski definition) is 5. The van der Waals surface area contributed by atoms with Crippen molar-refractivity contribution in [2.45, 2.75) is 39.4 Å². The highest BCUT2D eigenvalue weighted by Gasteiger charge is 2.28. The van der Waals surface area contributed by atoms with Gasteiger partial charge in [-0.25, -0.2) is 0 Å². The molecule has 2 N–H and O–H groups in total. The van der Waals surface area contributed by atoms with Crippen molar-refractivity contribution in [2.75, 3.05) is 6.54 Å².